The highest BCUT2D eigenvalue weighted by molar-refractivity contribution is 5.54. The summed E-state index contributed by atoms with van der Waals surface area (Å²) in [6.07, 6.45) is -4.71. The first-order chi connectivity index (χ1) is 15.8. The fourth-order valence-electron chi connectivity index (χ4n) is 3.63. The van der Waals surface area contributed by atoms with Crippen molar-refractivity contribution in [3.63, 3.8) is 0 Å². The van der Waals surface area contributed by atoms with Crippen molar-refractivity contribution in [2.75, 3.05) is 0 Å². The zero-order chi connectivity index (χ0) is 23.4. The summed E-state index contributed by atoms with van der Waals surface area (Å²) in [6, 6.07) is 29.5. The standard InChI is InChI=1S/C26H17F3NO3/c27-26(28,29)20-15-16-24(22(17-20)30(31)32)33-23-14-8-7-13-21(23)25(18-9-3-1-4-10-18)19-11-5-2-6-12-19/h1-13,15-17,25H. The summed E-state index contributed by atoms with van der Waals surface area (Å²) in [4.78, 5) is 10.6. The number of ether oxygens (including phenoxy) is 1. The topological polar surface area (TPSA) is 52.4 Å². The highest BCUT2D eigenvalue weighted by atomic mass is 19.4. The third-order valence-electron chi connectivity index (χ3n) is 5.12. The number of rotatable bonds is 6. The molecular formula is C26H17F3NO3. The lowest BCUT2D eigenvalue weighted by Gasteiger charge is -2.21. The van der Waals surface area contributed by atoms with Crippen LogP contribution < -0.4 is 4.74 Å². The van der Waals surface area contributed by atoms with Crippen LogP contribution in [0, 0.1) is 16.2 Å². The Bertz CT molecular complexity index is 1220. The summed E-state index contributed by atoms with van der Waals surface area (Å²) < 4.78 is 45.0. The average Bonchev–Trinajstić information content (AvgIpc) is 2.81. The van der Waals surface area contributed by atoms with Gasteiger partial charge >= 0.3 is 11.9 Å². The van der Waals surface area contributed by atoms with Crippen LogP contribution in [-0.2, 0) is 6.18 Å². The fourth-order valence-corrected chi connectivity index (χ4v) is 3.63. The molecule has 0 atom stereocenters. The first kappa shape index (κ1) is 22.1. The van der Waals surface area contributed by atoms with E-state index in [1.54, 1.807) is 12.1 Å². The van der Waals surface area contributed by atoms with Crippen molar-refractivity contribution >= 4 is 5.69 Å². The second-order valence-corrected chi connectivity index (χ2v) is 7.25. The minimum absolute atomic E-state index is 0.193. The molecule has 0 spiro atoms. The molecule has 0 bridgehead atoms. The number of nitrogens with zero attached hydrogens (tertiary/aromatic N) is 1. The molecule has 4 aromatic carbocycles. The highest BCUT2D eigenvalue weighted by Crippen LogP contribution is 2.42. The second kappa shape index (κ2) is 9.16. The molecule has 0 aromatic heterocycles. The van der Waals surface area contributed by atoms with Crippen LogP contribution in [0.15, 0.2) is 97.1 Å². The lowest BCUT2D eigenvalue weighted by molar-refractivity contribution is -0.385. The molecule has 0 unspecified atom stereocenters. The number of nitro benzene ring substituents is 1. The van der Waals surface area contributed by atoms with Crippen LogP contribution in [0.25, 0.3) is 0 Å². The van der Waals surface area contributed by atoms with E-state index in [9.17, 15) is 23.3 Å². The average molecular weight is 448 g/mol. The predicted molar refractivity (Wildman–Crippen MR) is 117 cm³/mol. The normalized spacial score (nSPS) is 11.4. The summed E-state index contributed by atoms with van der Waals surface area (Å²) in [5.74, 6) is -0.386. The maximum atomic E-state index is 13.1. The number of halogens is 3. The Balaban J connectivity index is 1.82. The van der Waals surface area contributed by atoms with E-state index in [1.807, 2.05) is 66.7 Å². The van der Waals surface area contributed by atoms with Gasteiger partial charge < -0.3 is 4.74 Å². The van der Waals surface area contributed by atoms with Gasteiger partial charge in [0.05, 0.1) is 10.5 Å². The lowest BCUT2D eigenvalue weighted by Crippen LogP contribution is -2.07. The van der Waals surface area contributed by atoms with Gasteiger partial charge in [-0.05, 0) is 23.3 Å². The zero-order valence-corrected chi connectivity index (χ0v) is 17.1. The van der Waals surface area contributed by atoms with Gasteiger partial charge in [-0.1, -0.05) is 78.9 Å². The molecule has 0 amide bonds. The summed E-state index contributed by atoms with van der Waals surface area (Å²) in [6.45, 7) is 0. The predicted octanol–water partition coefficient (Wildman–Crippen LogP) is 7.39. The summed E-state index contributed by atoms with van der Waals surface area (Å²) in [5, 5.41) is 11.5. The van der Waals surface area contributed by atoms with Gasteiger partial charge in [-0.25, -0.2) is 0 Å². The quantitative estimate of drug-likeness (QED) is 0.176. The van der Waals surface area contributed by atoms with Crippen molar-refractivity contribution < 1.29 is 22.8 Å². The molecule has 7 heteroatoms. The largest absolute Gasteiger partial charge is 0.449 e. The van der Waals surface area contributed by atoms with Crippen LogP contribution in [0.3, 0.4) is 0 Å². The molecule has 0 saturated carbocycles. The molecule has 0 aliphatic carbocycles. The van der Waals surface area contributed by atoms with E-state index >= 15 is 0 Å². The number of benzene rings is 4. The van der Waals surface area contributed by atoms with Crippen molar-refractivity contribution in [3.8, 4) is 11.5 Å². The molecular weight excluding hydrogens is 431 g/mol. The summed E-state index contributed by atoms with van der Waals surface area (Å²) in [5.41, 5.74) is 0.684. The van der Waals surface area contributed by atoms with Gasteiger partial charge in [0.1, 0.15) is 5.75 Å². The van der Waals surface area contributed by atoms with Crippen LogP contribution in [0.5, 0.6) is 11.5 Å². The first-order valence-electron chi connectivity index (χ1n) is 9.98. The molecule has 4 nitrogen and oxygen atoms in total. The Morgan fingerprint density at radius 1 is 0.848 bits per heavy atom. The van der Waals surface area contributed by atoms with Crippen LogP contribution in [0.1, 0.15) is 28.2 Å². The molecule has 4 rings (SSSR count). The fraction of sp³-hybridized carbons (Fsp3) is 0.0769. The third-order valence-corrected chi connectivity index (χ3v) is 5.12. The number of hydrogen-bond donors (Lipinski definition) is 0. The van der Waals surface area contributed by atoms with E-state index in [0.717, 1.165) is 23.3 Å². The molecule has 0 heterocycles. The molecule has 4 aromatic rings. The van der Waals surface area contributed by atoms with Gasteiger partial charge in [0.2, 0.25) is 5.75 Å². The Kier molecular flexibility index (Phi) is 6.13. The maximum Gasteiger partial charge on any atom is 0.416 e. The van der Waals surface area contributed by atoms with Crippen molar-refractivity contribution in [2.45, 2.75) is 12.1 Å². The summed E-state index contributed by atoms with van der Waals surface area (Å²) >= 11 is 0. The van der Waals surface area contributed by atoms with E-state index in [1.165, 1.54) is 0 Å². The van der Waals surface area contributed by atoms with E-state index in [-0.39, 0.29) is 17.4 Å². The minimum Gasteiger partial charge on any atom is -0.449 e. The van der Waals surface area contributed by atoms with Gasteiger partial charge in [0, 0.05) is 23.6 Å². The zero-order valence-electron chi connectivity index (χ0n) is 17.1. The second-order valence-electron chi connectivity index (χ2n) is 7.25. The minimum atomic E-state index is -4.71. The SMILES string of the molecule is O=[N+]([O-])c1cc(C(F)(F)F)ccc1Oc1[c]cccc1C(c1ccccc1)c1ccccc1. The van der Waals surface area contributed by atoms with Gasteiger partial charge in [-0.15, -0.1) is 0 Å². The molecule has 0 N–H and O–H groups in total. The monoisotopic (exact) mass is 448 g/mol. The smallest absolute Gasteiger partial charge is 0.416 e. The molecule has 33 heavy (non-hydrogen) atoms. The van der Waals surface area contributed by atoms with Crippen LogP contribution in [0.4, 0.5) is 18.9 Å². The van der Waals surface area contributed by atoms with Crippen molar-refractivity contribution in [2.24, 2.45) is 0 Å². The van der Waals surface area contributed by atoms with Gasteiger partial charge in [-0.2, -0.15) is 13.2 Å². The first-order valence-corrected chi connectivity index (χ1v) is 9.98. The van der Waals surface area contributed by atoms with Crippen molar-refractivity contribution in [3.05, 3.63) is 135 Å². The molecule has 0 fully saturated rings. The maximum absolute atomic E-state index is 13.1. The van der Waals surface area contributed by atoms with Crippen molar-refractivity contribution in [1.29, 1.82) is 0 Å². The van der Waals surface area contributed by atoms with Gasteiger partial charge in [-0.3, -0.25) is 10.1 Å². The molecule has 0 aliphatic heterocycles. The van der Waals surface area contributed by atoms with Gasteiger partial charge in [0.25, 0.3) is 0 Å². The molecule has 165 valence electrons. The van der Waals surface area contributed by atoms with Crippen LogP contribution in [-0.4, -0.2) is 4.92 Å². The molecule has 0 aliphatic rings. The van der Waals surface area contributed by atoms with Gasteiger partial charge in [0.15, 0.2) is 0 Å². The number of hydrogen-bond acceptors (Lipinski definition) is 3. The number of alkyl halides is 3. The number of para-hydroxylation sites is 1. The Morgan fingerprint density at radius 3 is 2.00 bits per heavy atom. The molecule has 1 radical (unpaired) electrons. The summed E-state index contributed by atoms with van der Waals surface area (Å²) in [7, 11) is 0. The van der Waals surface area contributed by atoms with E-state index in [2.05, 4.69) is 6.07 Å². The van der Waals surface area contributed by atoms with Crippen LogP contribution in [0.2, 0.25) is 0 Å². The Labute approximate surface area is 188 Å². The van der Waals surface area contributed by atoms with Crippen molar-refractivity contribution in [1.82, 2.24) is 0 Å². The number of nitro groups is 1. The molecule has 0 saturated heterocycles. The third kappa shape index (κ3) is 4.87. The lowest BCUT2D eigenvalue weighted by atomic mass is 9.85. The van der Waals surface area contributed by atoms with Crippen LogP contribution >= 0.6 is 0 Å². The Morgan fingerprint density at radius 2 is 1.45 bits per heavy atom. The van der Waals surface area contributed by atoms with E-state index in [0.29, 0.717) is 11.6 Å². The van der Waals surface area contributed by atoms with E-state index in [4.69, 9.17) is 4.74 Å². The Hall–Kier alpha value is -4.13. The van der Waals surface area contributed by atoms with E-state index < -0.39 is 22.4 Å². The highest BCUT2D eigenvalue weighted by Gasteiger charge is 2.33.